The molecule has 0 atom stereocenters. The summed E-state index contributed by atoms with van der Waals surface area (Å²) in [6.07, 6.45) is 15.0. The maximum Gasteiger partial charge on any atom is 0.227 e. The Bertz CT molecular complexity index is 429. The summed E-state index contributed by atoms with van der Waals surface area (Å²) in [6.45, 7) is 0.744. The molecular weight excluding hydrogens is 262 g/mol. The minimum absolute atomic E-state index is 0.214. The van der Waals surface area contributed by atoms with Crippen molar-refractivity contribution in [3.8, 4) is 0 Å². The number of nitrogens with two attached hydrogens (primary N) is 1. The van der Waals surface area contributed by atoms with Crippen LogP contribution in [0.25, 0.3) is 0 Å². The Morgan fingerprint density at radius 3 is 2.33 bits per heavy atom. The van der Waals surface area contributed by atoms with Crippen molar-refractivity contribution < 1.29 is 4.52 Å². The zero-order chi connectivity index (χ0) is 14.5. The quantitative estimate of drug-likeness (QED) is 0.853. The summed E-state index contributed by atoms with van der Waals surface area (Å²) in [5.74, 6) is 2.29. The van der Waals surface area contributed by atoms with Gasteiger partial charge in [0.15, 0.2) is 5.82 Å². The van der Waals surface area contributed by atoms with Gasteiger partial charge in [-0.15, -0.1) is 0 Å². The van der Waals surface area contributed by atoms with Gasteiger partial charge in [-0.1, -0.05) is 50.1 Å². The Balaban J connectivity index is 1.66. The third-order valence-electron chi connectivity index (χ3n) is 5.58. The average Bonchev–Trinajstić information content (AvgIpc) is 2.81. The Morgan fingerprint density at radius 1 is 1.00 bits per heavy atom. The molecule has 0 aliphatic heterocycles. The van der Waals surface area contributed by atoms with Gasteiger partial charge in [-0.25, -0.2) is 0 Å². The Morgan fingerprint density at radius 2 is 1.67 bits per heavy atom. The molecule has 2 saturated carbocycles. The molecule has 2 aliphatic rings. The smallest absolute Gasteiger partial charge is 0.227 e. The van der Waals surface area contributed by atoms with E-state index in [-0.39, 0.29) is 5.41 Å². The third-order valence-corrected chi connectivity index (χ3v) is 5.58. The monoisotopic (exact) mass is 291 g/mol. The van der Waals surface area contributed by atoms with Crippen LogP contribution in [-0.4, -0.2) is 16.7 Å². The Hall–Kier alpha value is -0.900. The minimum atomic E-state index is 0.214. The van der Waals surface area contributed by atoms with Gasteiger partial charge in [-0.05, 0) is 37.6 Å². The lowest BCUT2D eigenvalue weighted by Crippen LogP contribution is -2.35. The van der Waals surface area contributed by atoms with Crippen molar-refractivity contribution in [2.45, 2.75) is 83.0 Å². The zero-order valence-electron chi connectivity index (χ0n) is 13.1. The van der Waals surface area contributed by atoms with Gasteiger partial charge >= 0.3 is 0 Å². The van der Waals surface area contributed by atoms with Gasteiger partial charge in [0.25, 0.3) is 0 Å². The van der Waals surface area contributed by atoms with Gasteiger partial charge in [-0.2, -0.15) is 4.98 Å². The van der Waals surface area contributed by atoms with Gasteiger partial charge in [-0.3, -0.25) is 0 Å². The number of rotatable bonds is 4. The number of hydrogen-bond donors (Lipinski definition) is 1. The molecule has 0 unspecified atom stereocenters. The minimum Gasteiger partial charge on any atom is -0.339 e. The van der Waals surface area contributed by atoms with Crippen LogP contribution in [0.1, 0.15) is 88.3 Å². The van der Waals surface area contributed by atoms with Gasteiger partial charge < -0.3 is 10.3 Å². The molecule has 21 heavy (non-hydrogen) atoms. The molecule has 0 bridgehead atoms. The third kappa shape index (κ3) is 3.65. The van der Waals surface area contributed by atoms with Crippen LogP contribution in [0.4, 0.5) is 0 Å². The fourth-order valence-corrected chi connectivity index (χ4v) is 4.12. The summed E-state index contributed by atoms with van der Waals surface area (Å²) in [7, 11) is 0. The van der Waals surface area contributed by atoms with Crippen molar-refractivity contribution in [1.82, 2.24) is 10.1 Å². The Labute approximate surface area is 127 Å². The summed E-state index contributed by atoms with van der Waals surface area (Å²) < 4.78 is 5.57. The van der Waals surface area contributed by atoms with Gasteiger partial charge in [0.2, 0.25) is 5.89 Å². The summed E-state index contributed by atoms with van der Waals surface area (Å²) >= 11 is 0. The van der Waals surface area contributed by atoms with Crippen LogP contribution in [0.5, 0.6) is 0 Å². The van der Waals surface area contributed by atoms with E-state index < -0.39 is 0 Å². The lowest BCUT2D eigenvalue weighted by atomic mass is 9.72. The lowest BCUT2D eigenvalue weighted by Gasteiger charge is -2.34. The van der Waals surface area contributed by atoms with Crippen LogP contribution < -0.4 is 5.73 Å². The van der Waals surface area contributed by atoms with Gasteiger partial charge in [0, 0.05) is 12.3 Å². The summed E-state index contributed by atoms with van der Waals surface area (Å²) in [6, 6.07) is 0. The van der Waals surface area contributed by atoms with E-state index in [0.29, 0.717) is 5.92 Å². The highest BCUT2D eigenvalue weighted by Crippen LogP contribution is 2.38. The average molecular weight is 291 g/mol. The topological polar surface area (TPSA) is 64.9 Å². The van der Waals surface area contributed by atoms with Crippen LogP contribution in [0.15, 0.2) is 4.52 Å². The predicted octanol–water partition coefficient (Wildman–Crippen LogP) is 3.96. The van der Waals surface area contributed by atoms with Crippen molar-refractivity contribution in [2.24, 2.45) is 11.1 Å². The molecule has 0 aromatic carbocycles. The first-order valence-electron chi connectivity index (χ1n) is 8.84. The van der Waals surface area contributed by atoms with Crippen LogP contribution in [0.3, 0.4) is 0 Å². The fourth-order valence-electron chi connectivity index (χ4n) is 4.12. The molecule has 1 heterocycles. The van der Waals surface area contributed by atoms with E-state index in [4.69, 9.17) is 15.2 Å². The normalized spacial score (nSPS) is 23.9. The highest BCUT2D eigenvalue weighted by molar-refractivity contribution is 4.99. The highest BCUT2D eigenvalue weighted by atomic mass is 16.5. The molecule has 118 valence electrons. The van der Waals surface area contributed by atoms with Crippen LogP contribution in [0.2, 0.25) is 0 Å². The first-order chi connectivity index (χ1) is 10.3. The highest BCUT2D eigenvalue weighted by Gasteiger charge is 2.33. The molecule has 4 heteroatoms. The number of nitrogens with zero attached hydrogens (tertiary/aromatic N) is 2. The standard InChI is InChI=1S/C17H29N3O/c18-13-17(10-6-3-7-11-17)12-15-19-16(20-21-15)14-8-4-1-2-5-9-14/h14H,1-13,18H2. The SMILES string of the molecule is NCC1(Cc2nc(C3CCCCCC3)no2)CCCCC1. The van der Waals surface area contributed by atoms with Gasteiger partial charge in [0.05, 0.1) is 0 Å². The van der Waals surface area contributed by atoms with Crippen LogP contribution in [-0.2, 0) is 6.42 Å². The summed E-state index contributed by atoms with van der Waals surface area (Å²) in [5, 5.41) is 4.29. The second-order valence-electron chi connectivity index (χ2n) is 7.18. The molecule has 0 saturated heterocycles. The van der Waals surface area contributed by atoms with E-state index in [9.17, 15) is 0 Å². The van der Waals surface area contributed by atoms with Gasteiger partial charge in [0.1, 0.15) is 0 Å². The zero-order valence-corrected chi connectivity index (χ0v) is 13.1. The van der Waals surface area contributed by atoms with E-state index in [2.05, 4.69) is 5.16 Å². The molecule has 3 rings (SSSR count). The Kier molecular flexibility index (Phi) is 4.94. The molecule has 0 spiro atoms. The molecule has 0 radical (unpaired) electrons. The number of hydrogen-bond acceptors (Lipinski definition) is 4. The van der Waals surface area contributed by atoms with Crippen molar-refractivity contribution in [3.05, 3.63) is 11.7 Å². The summed E-state index contributed by atoms with van der Waals surface area (Å²) in [4.78, 5) is 4.73. The molecule has 0 amide bonds. The van der Waals surface area contributed by atoms with E-state index in [1.165, 1.54) is 70.6 Å². The maximum atomic E-state index is 6.07. The van der Waals surface area contributed by atoms with Crippen LogP contribution in [0, 0.1) is 5.41 Å². The number of aromatic nitrogens is 2. The van der Waals surface area contributed by atoms with E-state index >= 15 is 0 Å². The maximum absolute atomic E-state index is 6.07. The molecule has 1 aromatic heterocycles. The van der Waals surface area contributed by atoms with Crippen molar-refractivity contribution in [3.63, 3.8) is 0 Å². The molecule has 2 N–H and O–H groups in total. The molecule has 2 aliphatic carbocycles. The van der Waals surface area contributed by atoms with E-state index in [0.717, 1.165) is 24.7 Å². The van der Waals surface area contributed by atoms with Crippen molar-refractivity contribution in [2.75, 3.05) is 6.54 Å². The fraction of sp³-hybridized carbons (Fsp3) is 0.882. The second kappa shape index (κ2) is 6.91. The van der Waals surface area contributed by atoms with Crippen molar-refractivity contribution >= 4 is 0 Å². The first kappa shape index (κ1) is 15.0. The molecular formula is C17H29N3O. The predicted molar refractivity (Wildman–Crippen MR) is 83.0 cm³/mol. The molecule has 4 nitrogen and oxygen atoms in total. The van der Waals surface area contributed by atoms with E-state index in [1.54, 1.807) is 0 Å². The first-order valence-corrected chi connectivity index (χ1v) is 8.84. The van der Waals surface area contributed by atoms with Crippen molar-refractivity contribution in [1.29, 1.82) is 0 Å². The largest absolute Gasteiger partial charge is 0.339 e. The van der Waals surface area contributed by atoms with Crippen LogP contribution >= 0.6 is 0 Å². The summed E-state index contributed by atoms with van der Waals surface area (Å²) in [5.41, 5.74) is 6.28. The molecule has 2 fully saturated rings. The molecule has 1 aromatic rings. The van der Waals surface area contributed by atoms with E-state index in [1.807, 2.05) is 0 Å². The second-order valence-corrected chi connectivity index (χ2v) is 7.18. The lowest BCUT2D eigenvalue weighted by molar-refractivity contribution is 0.177.